The molecule has 3 rings (SSSR count). The van der Waals surface area contributed by atoms with E-state index in [9.17, 15) is 22.8 Å². The molecule has 10 heteroatoms. The first-order valence-corrected chi connectivity index (χ1v) is 8.43. The molecule has 0 aliphatic rings. The molecule has 2 heterocycles. The summed E-state index contributed by atoms with van der Waals surface area (Å²) in [6.07, 6.45) is -3.79. The van der Waals surface area contributed by atoms with E-state index in [1.165, 1.54) is 29.8 Å². The van der Waals surface area contributed by atoms with Crippen molar-refractivity contribution in [3.63, 3.8) is 0 Å². The topological polar surface area (TPSA) is 88.9 Å². The lowest BCUT2D eigenvalue weighted by Crippen LogP contribution is -2.16. The third kappa shape index (κ3) is 4.78. The molecule has 0 unspecified atom stereocenters. The summed E-state index contributed by atoms with van der Waals surface area (Å²) in [6.45, 7) is 3.05. The summed E-state index contributed by atoms with van der Waals surface area (Å²) < 4.78 is 39.4. The van der Waals surface area contributed by atoms with Crippen LogP contribution >= 0.6 is 0 Å². The average molecular weight is 403 g/mol. The number of anilines is 2. The number of aryl methyl sites for hydroxylation is 1. The van der Waals surface area contributed by atoms with Gasteiger partial charge in [-0.15, -0.1) is 0 Å². The van der Waals surface area contributed by atoms with Crippen molar-refractivity contribution in [2.75, 3.05) is 10.6 Å². The highest BCUT2D eigenvalue weighted by molar-refractivity contribution is 6.04. The summed E-state index contributed by atoms with van der Waals surface area (Å²) in [5, 5.41) is 9.44. The van der Waals surface area contributed by atoms with Crippen molar-refractivity contribution < 1.29 is 22.8 Å². The standard InChI is InChI=1S/C19H16F3N5O2/c1-11-9-17(25-18(29)13-3-6-15(7-4-13)24-12(2)28)27(26-11)16-8-5-14(10-23-16)19(20,21)22/h3-10H,1-2H3,(H,24,28)(H,25,29). The number of carbonyl (C=O) groups excluding carboxylic acids is 2. The molecule has 0 aliphatic carbocycles. The van der Waals surface area contributed by atoms with Crippen LogP contribution in [-0.2, 0) is 11.0 Å². The van der Waals surface area contributed by atoms with E-state index in [0.717, 1.165) is 6.07 Å². The minimum atomic E-state index is -4.49. The van der Waals surface area contributed by atoms with Crippen LogP contribution in [0.2, 0.25) is 0 Å². The van der Waals surface area contributed by atoms with Gasteiger partial charge in [0.25, 0.3) is 5.91 Å². The maximum absolute atomic E-state index is 12.7. The minimum absolute atomic E-state index is 0.127. The van der Waals surface area contributed by atoms with E-state index in [-0.39, 0.29) is 17.5 Å². The Hall–Kier alpha value is -3.69. The Morgan fingerprint density at radius 1 is 1.03 bits per heavy atom. The third-order valence-electron chi connectivity index (χ3n) is 3.83. The van der Waals surface area contributed by atoms with E-state index in [1.807, 2.05) is 0 Å². The Balaban J connectivity index is 1.82. The molecule has 2 aromatic heterocycles. The fourth-order valence-corrected chi connectivity index (χ4v) is 2.54. The molecule has 7 nitrogen and oxygen atoms in total. The molecule has 3 aromatic rings. The summed E-state index contributed by atoms with van der Waals surface area (Å²) in [6, 6.07) is 9.86. The van der Waals surface area contributed by atoms with Gasteiger partial charge in [0.2, 0.25) is 5.91 Å². The number of hydrogen-bond donors (Lipinski definition) is 2. The molecule has 0 bridgehead atoms. The lowest BCUT2D eigenvalue weighted by atomic mass is 10.2. The van der Waals surface area contributed by atoms with Gasteiger partial charge in [-0.25, -0.2) is 4.98 Å². The van der Waals surface area contributed by atoms with Crippen molar-refractivity contribution in [1.29, 1.82) is 0 Å². The summed E-state index contributed by atoms with van der Waals surface area (Å²) in [5.41, 5.74) is 0.534. The van der Waals surface area contributed by atoms with Gasteiger partial charge in [0.1, 0.15) is 5.82 Å². The fourth-order valence-electron chi connectivity index (χ4n) is 2.54. The predicted molar refractivity (Wildman–Crippen MR) is 99.8 cm³/mol. The number of nitrogens with zero attached hydrogens (tertiary/aromatic N) is 3. The number of rotatable bonds is 4. The van der Waals surface area contributed by atoms with Gasteiger partial charge in [-0.3, -0.25) is 9.59 Å². The number of pyridine rings is 1. The van der Waals surface area contributed by atoms with Crippen LogP contribution in [0.15, 0.2) is 48.7 Å². The zero-order chi connectivity index (χ0) is 21.2. The lowest BCUT2D eigenvalue weighted by molar-refractivity contribution is -0.137. The van der Waals surface area contributed by atoms with Crippen LogP contribution in [0.25, 0.3) is 5.82 Å². The second-order valence-corrected chi connectivity index (χ2v) is 6.20. The van der Waals surface area contributed by atoms with E-state index in [2.05, 4.69) is 20.7 Å². The molecule has 0 fully saturated rings. The van der Waals surface area contributed by atoms with Crippen LogP contribution in [0, 0.1) is 6.92 Å². The number of amides is 2. The number of alkyl halides is 3. The van der Waals surface area contributed by atoms with Gasteiger partial charge in [0.05, 0.1) is 11.3 Å². The number of nitrogens with one attached hydrogen (secondary N) is 2. The maximum atomic E-state index is 12.7. The van der Waals surface area contributed by atoms with Gasteiger partial charge >= 0.3 is 6.18 Å². The summed E-state index contributed by atoms with van der Waals surface area (Å²) in [4.78, 5) is 27.4. The third-order valence-corrected chi connectivity index (χ3v) is 3.83. The van der Waals surface area contributed by atoms with Crippen LogP contribution in [0.3, 0.4) is 0 Å². The van der Waals surface area contributed by atoms with Gasteiger partial charge in [-0.2, -0.15) is 23.0 Å². The summed E-state index contributed by atoms with van der Waals surface area (Å²) in [5.74, 6) is -0.300. The maximum Gasteiger partial charge on any atom is 0.417 e. The van der Waals surface area contributed by atoms with Crippen molar-refractivity contribution in [2.45, 2.75) is 20.0 Å². The molecule has 2 N–H and O–H groups in total. The smallest absolute Gasteiger partial charge is 0.326 e. The fraction of sp³-hybridized carbons (Fsp3) is 0.158. The number of benzene rings is 1. The molecule has 0 radical (unpaired) electrons. The Labute approximate surface area is 163 Å². The van der Waals surface area contributed by atoms with Crippen molar-refractivity contribution in [3.05, 3.63) is 65.5 Å². The molecule has 0 saturated heterocycles. The van der Waals surface area contributed by atoms with E-state index < -0.39 is 17.6 Å². The van der Waals surface area contributed by atoms with Crippen LogP contribution < -0.4 is 10.6 Å². The van der Waals surface area contributed by atoms with E-state index in [4.69, 9.17) is 0 Å². The highest BCUT2D eigenvalue weighted by Gasteiger charge is 2.30. The van der Waals surface area contributed by atoms with Gasteiger partial charge < -0.3 is 10.6 Å². The molecule has 0 atom stereocenters. The Morgan fingerprint density at radius 3 is 2.28 bits per heavy atom. The molecule has 0 aliphatic heterocycles. The molecular weight excluding hydrogens is 387 g/mol. The van der Waals surface area contributed by atoms with Gasteiger partial charge in [-0.1, -0.05) is 0 Å². The second kappa shape index (κ2) is 7.74. The van der Waals surface area contributed by atoms with Gasteiger partial charge in [0, 0.05) is 30.4 Å². The van der Waals surface area contributed by atoms with Gasteiger partial charge in [0.15, 0.2) is 5.82 Å². The first-order valence-electron chi connectivity index (χ1n) is 8.43. The Morgan fingerprint density at radius 2 is 1.72 bits per heavy atom. The average Bonchev–Trinajstić information content (AvgIpc) is 3.01. The zero-order valence-electron chi connectivity index (χ0n) is 15.4. The van der Waals surface area contributed by atoms with Crippen molar-refractivity contribution in [2.24, 2.45) is 0 Å². The molecule has 0 spiro atoms. The summed E-state index contributed by atoms with van der Waals surface area (Å²) in [7, 11) is 0. The monoisotopic (exact) mass is 403 g/mol. The molecule has 29 heavy (non-hydrogen) atoms. The number of aromatic nitrogens is 3. The molecule has 1 aromatic carbocycles. The van der Waals surface area contributed by atoms with Crippen molar-refractivity contribution in [1.82, 2.24) is 14.8 Å². The van der Waals surface area contributed by atoms with E-state index in [0.29, 0.717) is 23.1 Å². The first kappa shape index (κ1) is 20.1. The van der Waals surface area contributed by atoms with Crippen LogP contribution in [-0.4, -0.2) is 26.6 Å². The second-order valence-electron chi connectivity index (χ2n) is 6.20. The molecular formula is C19H16F3N5O2. The van der Waals surface area contributed by atoms with Crippen molar-refractivity contribution in [3.8, 4) is 5.82 Å². The predicted octanol–water partition coefficient (Wildman–Crippen LogP) is 3.81. The van der Waals surface area contributed by atoms with Gasteiger partial charge in [-0.05, 0) is 43.3 Å². The highest BCUT2D eigenvalue weighted by atomic mass is 19.4. The number of hydrogen-bond acceptors (Lipinski definition) is 4. The van der Waals surface area contributed by atoms with Crippen LogP contribution in [0.5, 0.6) is 0 Å². The molecule has 2 amide bonds. The quantitative estimate of drug-likeness (QED) is 0.693. The normalized spacial score (nSPS) is 11.2. The number of carbonyl (C=O) groups is 2. The zero-order valence-corrected chi connectivity index (χ0v) is 15.4. The SMILES string of the molecule is CC(=O)Nc1ccc(C(=O)Nc2cc(C)nn2-c2ccc(C(F)(F)F)cn2)cc1. The Bertz CT molecular complexity index is 1040. The summed E-state index contributed by atoms with van der Waals surface area (Å²) >= 11 is 0. The molecule has 150 valence electrons. The first-order chi connectivity index (χ1) is 13.6. The van der Waals surface area contributed by atoms with Crippen molar-refractivity contribution >= 4 is 23.3 Å². The number of halogens is 3. The minimum Gasteiger partial charge on any atom is -0.326 e. The van der Waals surface area contributed by atoms with Crippen LogP contribution in [0.1, 0.15) is 28.5 Å². The molecule has 0 saturated carbocycles. The largest absolute Gasteiger partial charge is 0.417 e. The lowest BCUT2D eigenvalue weighted by Gasteiger charge is -2.10. The highest BCUT2D eigenvalue weighted by Crippen LogP contribution is 2.29. The Kier molecular flexibility index (Phi) is 5.35. The van der Waals surface area contributed by atoms with E-state index >= 15 is 0 Å². The van der Waals surface area contributed by atoms with Crippen LogP contribution in [0.4, 0.5) is 24.7 Å². The van der Waals surface area contributed by atoms with E-state index in [1.54, 1.807) is 25.1 Å².